The van der Waals surface area contributed by atoms with Crippen LogP contribution in [0.1, 0.15) is 16.1 Å². The molecule has 0 saturated heterocycles. The number of benzene rings is 1. The van der Waals surface area contributed by atoms with Gasteiger partial charge in [0.05, 0.1) is 7.11 Å². The molecule has 0 unspecified atom stereocenters. The minimum Gasteiger partial charge on any atom is -0.464 e. The number of hydrogen-bond acceptors (Lipinski definition) is 5. The summed E-state index contributed by atoms with van der Waals surface area (Å²) in [4.78, 5) is 15.5. The van der Waals surface area contributed by atoms with E-state index in [4.69, 9.17) is 0 Å². The van der Waals surface area contributed by atoms with E-state index in [-0.39, 0.29) is 0 Å². The Labute approximate surface area is 117 Å². The number of nitrogens with zero attached hydrogens (tertiary/aromatic N) is 1. The maximum Gasteiger partial charge on any atom is 0.357 e. The Morgan fingerprint density at radius 2 is 2.28 bits per heavy atom. The van der Waals surface area contributed by atoms with Crippen LogP contribution in [-0.2, 0) is 4.74 Å². The number of anilines is 2. The van der Waals surface area contributed by atoms with E-state index in [1.54, 1.807) is 5.38 Å². The van der Waals surface area contributed by atoms with Crippen molar-refractivity contribution in [2.24, 2.45) is 0 Å². The van der Waals surface area contributed by atoms with Gasteiger partial charge in [0.2, 0.25) is 0 Å². The van der Waals surface area contributed by atoms with Crippen molar-refractivity contribution in [3.63, 3.8) is 0 Å². The zero-order valence-electron chi connectivity index (χ0n) is 9.86. The Morgan fingerprint density at radius 3 is 3.00 bits per heavy atom. The average molecular weight is 327 g/mol. The van der Waals surface area contributed by atoms with Crippen molar-refractivity contribution in [3.8, 4) is 0 Å². The van der Waals surface area contributed by atoms with Crippen LogP contribution in [0.3, 0.4) is 0 Å². The highest BCUT2D eigenvalue weighted by Gasteiger charge is 2.11. The van der Waals surface area contributed by atoms with Crippen LogP contribution in [-0.4, -0.2) is 18.1 Å². The van der Waals surface area contributed by atoms with Crippen molar-refractivity contribution >= 4 is 44.1 Å². The van der Waals surface area contributed by atoms with E-state index in [1.807, 2.05) is 25.1 Å². The van der Waals surface area contributed by atoms with Crippen molar-refractivity contribution in [3.05, 3.63) is 39.3 Å². The van der Waals surface area contributed by atoms with E-state index < -0.39 is 5.97 Å². The van der Waals surface area contributed by atoms with Crippen LogP contribution in [0, 0.1) is 6.92 Å². The third-order valence-electron chi connectivity index (χ3n) is 2.41. The van der Waals surface area contributed by atoms with Gasteiger partial charge in [0.15, 0.2) is 10.8 Å². The molecule has 4 nitrogen and oxygen atoms in total. The second-order valence-corrected chi connectivity index (χ2v) is 5.28. The molecule has 2 rings (SSSR count). The molecule has 1 aromatic carbocycles. The summed E-state index contributed by atoms with van der Waals surface area (Å²) in [6.45, 7) is 2.00. The van der Waals surface area contributed by atoms with E-state index in [9.17, 15) is 4.79 Å². The maximum absolute atomic E-state index is 11.3. The summed E-state index contributed by atoms with van der Waals surface area (Å²) >= 11 is 4.83. The topological polar surface area (TPSA) is 51.2 Å². The fraction of sp³-hybridized carbons (Fsp3) is 0.167. The molecule has 1 N–H and O–H groups in total. The van der Waals surface area contributed by atoms with Crippen molar-refractivity contribution in [2.45, 2.75) is 6.92 Å². The van der Waals surface area contributed by atoms with Crippen LogP contribution in [0.15, 0.2) is 28.1 Å². The Balaban J connectivity index is 2.21. The quantitative estimate of drug-likeness (QED) is 0.873. The number of hydrogen-bond donors (Lipinski definition) is 1. The monoisotopic (exact) mass is 326 g/mol. The summed E-state index contributed by atoms with van der Waals surface area (Å²) in [5.41, 5.74) is 2.36. The molecule has 0 amide bonds. The summed E-state index contributed by atoms with van der Waals surface area (Å²) in [5.74, 6) is -0.426. The van der Waals surface area contributed by atoms with Gasteiger partial charge in [0.25, 0.3) is 0 Å². The fourth-order valence-corrected chi connectivity index (χ4v) is 2.45. The van der Waals surface area contributed by atoms with E-state index in [2.05, 4.69) is 31.0 Å². The van der Waals surface area contributed by atoms with Crippen molar-refractivity contribution < 1.29 is 9.53 Å². The van der Waals surface area contributed by atoms with E-state index in [0.29, 0.717) is 10.8 Å². The standard InChI is InChI=1S/C12H11BrN2O2S/c1-7-8(13)4-3-5-9(7)14-12-15-10(6-18-12)11(16)17-2/h3-6H,1-2H3,(H,14,15). The first-order chi connectivity index (χ1) is 8.61. The fourth-order valence-electron chi connectivity index (χ4n) is 1.39. The molecule has 6 heteroatoms. The number of carbonyl (C=O) groups excluding carboxylic acids is 1. The van der Waals surface area contributed by atoms with Crippen LogP contribution >= 0.6 is 27.3 Å². The lowest BCUT2D eigenvalue weighted by Gasteiger charge is -2.07. The molecule has 2 aromatic rings. The second-order valence-electron chi connectivity index (χ2n) is 3.57. The van der Waals surface area contributed by atoms with Crippen LogP contribution < -0.4 is 5.32 Å². The molecule has 18 heavy (non-hydrogen) atoms. The summed E-state index contributed by atoms with van der Waals surface area (Å²) in [6.07, 6.45) is 0. The predicted molar refractivity (Wildman–Crippen MR) is 75.6 cm³/mol. The normalized spacial score (nSPS) is 10.2. The van der Waals surface area contributed by atoms with E-state index in [1.165, 1.54) is 18.4 Å². The molecule has 0 bridgehead atoms. The first kappa shape index (κ1) is 13.0. The molecule has 0 radical (unpaired) electrons. The minimum atomic E-state index is -0.426. The Morgan fingerprint density at radius 1 is 1.50 bits per heavy atom. The van der Waals surface area contributed by atoms with Gasteiger partial charge in [-0.2, -0.15) is 0 Å². The first-order valence-electron chi connectivity index (χ1n) is 5.18. The predicted octanol–water partition coefficient (Wildman–Crippen LogP) is 3.74. The summed E-state index contributed by atoms with van der Waals surface area (Å²) in [6, 6.07) is 5.87. The van der Waals surface area contributed by atoms with Gasteiger partial charge >= 0.3 is 5.97 Å². The molecule has 0 aliphatic rings. The highest BCUT2D eigenvalue weighted by molar-refractivity contribution is 9.10. The van der Waals surface area contributed by atoms with E-state index >= 15 is 0 Å². The maximum atomic E-state index is 11.3. The second kappa shape index (κ2) is 5.49. The molecule has 0 saturated carbocycles. The highest BCUT2D eigenvalue weighted by Crippen LogP contribution is 2.27. The number of nitrogens with one attached hydrogen (secondary N) is 1. The van der Waals surface area contributed by atoms with Gasteiger partial charge < -0.3 is 10.1 Å². The van der Waals surface area contributed by atoms with E-state index in [0.717, 1.165) is 15.7 Å². The molecule has 0 aliphatic carbocycles. The van der Waals surface area contributed by atoms with Crippen LogP contribution in [0.25, 0.3) is 0 Å². The molecule has 0 spiro atoms. The summed E-state index contributed by atoms with van der Waals surface area (Å²) in [5, 5.41) is 5.51. The first-order valence-corrected chi connectivity index (χ1v) is 6.85. The molecular weight excluding hydrogens is 316 g/mol. The number of aromatic nitrogens is 1. The zero-order valence-corrected chi connectivity index (χ0v) is 12.3. The van der Waals surface area contributed by atoms with Gasteiger partial charge in [-0.15, -0.1) is 11.3 Å². The van der Waals surface area contributed by atoms with Gasteiger partial charge in [-0.05, 0) is 24.6 Å². The van der Waals surface area contributed by atoms with Gasteiger partial charge in [-0.1, -0.05) is 22.0 Å². The lowest BCUT2D eigenvalue weighted by Crippen LogP contribution is -2.01. The molecule has 0 aliphatic heterocycles. The summed E-state index contributed by atoms with van der Waals surface area (Å²) in [7, 11) is 1.34. The molecule has 1 heterocycles. The largest absolute Gasteiger partial charge is 0.464 e. The van der Waals surface area contributed by atoms with Crippen molar-refractivity contribution in [1.82, 2.24) is 4.98 Å². The van der Waals surface area contributed by atoms with Crippen LogP contribution in [0.5, 0.6) is 0 Å². The smallest absolute Gasteiger partial charge is 0.357 e. The third kappa shape index (κ3) is 2.70. The number of carbonyl (C=O) groups is 1. The SMILES string of the molecule is COC(=O)c1csc(Nc2cccc(Br)c2C)n1. The summed E-state index contributed by atoms with van der Waals surface area (Å²) < 4.78 is 5.64. The number of thiazole rings is 1. The molecule has 94 valence electrons. The van der Waals surface area contributed by atoms with Crippen molar-refractivity contribution in [1.29, 1.82) is 0 Å². The van der Waals surface area contributed by atoms with Crippen LogP contribution in [0.4, 0.5) is 10.8 Å². The molecule has 0 atom stereocenters. The van der Waals surface area contributed by atoms with Crippen LogP contribution in [0.2, 0.25) is 0 Å². The minimum absolute atomic E-state index is 0.317. The Kier molecular flexibility index (Phi) is 3.98. The van der Waals surface area contributed by atoms with Gasteiger partial charge in [-0.3, -0.25) is 0 Å². The Hall–Kier alpha value is -1.40. The van der Waals surface area contributed by atoms with Gasteiger partial charge in [0, 0.05) is 15.5 Å². The lowest BCUT2D eigenvalue weighted by atomic mass is 10.2. The molecule has 0 fully saturated rings. The van der Waals surface area contributed by atoms with Gasteiger partial charge in [-0.25, -0.2) is 9.78 Å². The number of rotatable bonds is 3. The van der Waals surface area contributed by atoms with Gasteiger partial charge in [0.1, 0.15) is 0 Å². The lowest BCUT2D eigenvalue weighted by molar-refractivity contribution is 0.0595. The molecular formula is C12H11BrN2O2S. The third-order valence-corrected chi connectivity index (χ3v) is 4.02. The average Bonchev–Trinajstić information content (AvgIpc) is 2.82. The number of halogens is 1. The molecule has 1 aromatic heterocycles. The number of ether oxygens (including phenoxy) is 1. The zero-order chi connectivity index (χ0) is 13.1. The number of esters is 1. The van der Waals surface area contributed by atoms with Crippen molar-refractivity contribution in [2.75, 3.05) is 12.4 Å². The Bertz CT molecular complexity index is 583. The highest BCUT2D eigenvalue weighted by atomic mass is 79.9. The number of methoxy groups -OCH3 is 1.